The van der Waals surface area contributed by atoms with Crippen molar-refractivity contribution < 1.29 is 9.90 Å². The van der Waals surface area contributed by atoms with Gasteiger partial charge in [-0.15, -0.1) is 0 Å². The lowest BCUT2D eigenvalue weighted by molar-refractivity contribution is -0.113. The minimum atomic E-state index is -0.341. The summed E-state index contributed by atoms with van der Waals surface area (Å²) >= 11 is 0. The molecule has 0 saturated carbocycles. The van der Waals surface area contributed by atoms with Crippen molar-refractivity contribution in [2.24, 2.45) is 4.99 Å². The van der Waals surface area contributed by atoms with Gasteiger partial charge in [0.25, 0.3) is 5.91 Å². The van der Waals surface area contributed by atoms with E-state index in [2.05, 4.69) is 23.1 Å². The predicted molar refractivity (Wildman–Crippen MR) is 69.9 cm³/mol. The van der Waals surface area contributed by atoms with E-state index in [-0.39, 0.29) is 5.91 Å². The number of carbonyl (C=O) groups excluding carboxylic acids is 1. The van der Waals surface area contributed by atoms with Crippen molar-refractivity contribution in [3.63, 3.8) is 0 Å². The number of aryl methyl sites for hydroxylation is 1. The lowest BCUT2D eigenvalue weighted by atomic mass is 10.1. The number of hydrogen-bond acceptors (Lipinski definition) is 3. The van der Waals surface area contributed by atoms with Gasteiger partial charge in [-0.2, -0.15) is 0 Å². The second-order valence-corrected chi connectivity index (χ2v) is 3.20. The van der Waals surface area contributed by atoms with E-state index in [1.807, 2.05) is 25.1 Å². The fourth-order valence-corrected chi connectivity index (χ4v) is 1.18. The van der Waals surface area contributed by atoms with E-state index < -0.39 is 0 Å². The zero-order chi connectivity index (χ0) is 13.1. The second kappa shape index (κ2) is 9.30. The van der Waals surface area contributed by atoms with Gasteiger partial charge in [-0.25, -0.2) is 4.99 Å². The third-order valence-electron chi connectivity index (χ3n) is 1.89. The Bertz CT molecular complexity index is 387. The maximum Gasteiger partial charge on any atom is 0.270 e. The first-order valence-electron chi connectivity index (χ1n) is 5.13. The Morgan fingerprint density at radius 2 is 2.24 bits per heavy atom. The molecule has 4 nitrogen and oxygen atoms in total. The van der Waals surface area contributed by atoms with Gasteiger partial charge < -0.3 is 10.4 Å². The smallest absolute Gasteiger partial charge is 0.270 e. The second-order valence-electron chi connectivity index (χ2n) is 3.20. The number of nitrogens with zero attached hydrogens (tertiary/aromatic N) is 1. The van der Waals surface area contributed by atoms with E-state index in [0.717, 1.165) is 7.11 Å². The van der Waals surface area contributed by atoms with Crippen LogP contribution in [0.2, 0.25) is 0 Å². The summed E-state index contributed by atoms with van der Waals surface area (Å²) in [6, 6.07) is 8.17. The van der Waals surface area contributed by atoms with Crippen LogP contribution in [0, 0.1) is 6.92 Å². The van der Waals surface area contributed by atoms with E-state index >= 15 is 0 Å². The van der Waals surface area contributed by atoms with Crippen molar-refractivity contribution in [3.05, 3.63) is 47.7 Å². The normalized spacial score (nSPS) is 9.35. The molecule has 0 saturated heterocycles. The molecule has 92 valence electrons. The quantitative estimate of drug-likeness (QED) is 0.612. The summed E-state index contributed by atoms with van der Waals surface area (Å²) in [7, 11) is 1.00. The third-order valence-corrected chi connectivity index (χ3v) is 1.89. The lowest BCUT2D eigenvalue weighted by Crippen LogP contribution is -2.05. The summed E-state index contributed by atoms with van der Waals surface area (Å²) in [5.41, 5.74) is 2.40. The van der Waals surface area contributed by atoms with Gasteiger partial charge in [0, 0.05) is 25.9 Å². The van der Waals surface area contributed by atoms with Crippen LogP contribution in [0.25, 0.3) is 0 Å². The number of benzene rings is 1. The number of nitrogens with one attached hydrogen (secondary N) is 1. The fourth-order valence-electron chi connectivity index (χ4n) is 1.18. The summed E-state index contributed by atoms with van der Waals surface area (Å²) in [6.45, 7) is 5.87. The summed E-state index contributed by atoms with van der Waals surface area (Å²) in [5.74, 6) is -0.341. The maximum atomic E-state index is 10.7. The van der Waals surface area contributed by atoms with Gasteiger partial charge in [-0.3, -0.25) is 4.79 Å². The highest BCUT2D eigenvalue weighted by molar-refractivity contribution is 5.90. The van der Waals surface area contributed by atoms with Gasteiger partial charge in [-0.1, -0.05) is 29.8 Å². The number of hydrogen-bond donors (Lipinski definition) is 2. The van der Waals surface area contributed by atoms with E-state index in [9.17, 15) is 4.79 Å². The summed E-state index contributed by atoms with van der Waals surface area (Å²) in [5, 5.41) is 10.0. The maximum absolute atomic E-state index is 10.7. The van der Waals surface area contributed by atoms with Crippen LogP contribution in [0.3, 0.4) is 0 Å². The first kappa shape index (κ1) is 15.1. The van der Waals surface area contributed by atoms with Crippen LogP contribution in [-0.2, 0) is 11.3 Å². The van der Waals surface area contributed by atoms with E-state index in [1.54, 1.807) is 6.20 Å². The Balaban J connectivity index is 0.00000121. The predicted octanol–water partition coefficient (Wildman–Crippen LogP) is 1.43. The van der Waals surface area contributed by atoms with Gasteiger partial charge >= 0.3 is 0 Å². The van der Waals surface area contributed by atoms with Crippen LogP contribution >= 0.6 is 0 Å². The zero-order valence-corrected chi connectivity index (χ0v) is 10.2. The summed E-state index contributed by atoms with van der Waals surface area (Å²) < 4.78 is 0. The molecule has 0 aliphatic carbocycles. The number of carbonyl (C=O) groups is 1. The average Bonchev–Trinajstić information content (AvgIpc) is 2.37. The number of rotatable bonds is 4. The molecule has 0 atom stereocenters. The zero-order valence-electron chi connectivity index (χ0n) is 10.2. The highest BCUT2D eigenvalue weighted by Gasteiger charge is 1.90. The van der Waals surface area contributed by atoms with Crippen LogP contribution in [-0.4, -0.2) is 24.8 Å². The fraction of sp³-hybridized carbons (Fsp3) is 0.231. The minimum absolute atomic E-state index is 0.341. The van der Waals surface area contributed by atoms with Crippen molar-refractivity contribution in [1.29, 1.82) is 0 Å². The molecule has 0 radical (unpaired) electrons. The van der Waals surface area contributed by atoms with Crippen LogP contribution < -0.4 is 5.32 Å². The van der Waals surface area contributed by atoms with Crippen molar-refractivity contribution in [2.45, 2.75) is 13.5 Å². The number of aliphatic imine (C=N–C) groups is 1. The van der Waals surface area contributed by atoms with Crippen LogP contribution in [0.15, 0.2) is 41.5 Å². The molecule has 1 amide bonds. The van der Waals surface area contributed by atoms with Crippen molar-refractivity contribution in [2.75, 3.05) is 7.11 Å². The molecule has 1 rings (SSSR count). The summed E-state index contributed by atoms with van der Waals surface area (Å²) in [4.78, 5) is 14.0. The molecule has 0 fully saturated rings. The van der Waals surface area contributed by atoms with Crippen molar-refractivity contribution >= 4 is 12.6 Å². The van der Waals surface area contributed by atoms with Gasteiger partial charge in [0.15, 0.2) is 0 Å². The van der Waals surface area contributed by atoms with E-state index in [4.69, 9.17) is 5.11 Å². The molecular weight excluding hydrogens is 216 g/mol. The average molecular weight is 234 g/mol. The highest BCUT2D eigenvalue weighted by atomic mass is 16.2. The molecule has 2 N–H and O–H groups in total. The number of amides is 1. The highest BCUT2D eigenvalue weighted by Crippen LogP contribution is 2.02. The SMILES string of the molecule is C=NC(=O)/C=C\NCc1cccc(C)c1.CO. The molecular formula is C13H18N2O2. The molecule has 17 heavy (non-hydrogen) atoms. The minimum Gasteiger partial charge on any atom is -0.400 e. The molecule has 1 aromatic rings. The molecule has 0 bridgehead atoms. The number of aliphatic hydroxyl groups is 1. The van der Waals surface area contributed by atoms with Crippen molar-refractivity contribution in [3.8, 4) is 0 Å². The Morgan fingerprint density at radius 1 is 1.53 bits per heavy atom. The topological polar surface area (TPSA) is 61.7 Å². The molecule has 0 unspecified atom stereocenters. The largest absolute Gasteiger partial charge is 0.400 e. The van der Waals surface area contributed by atoms with Gasteiger partial charge in [-0.05, 0) is 19.2 Å². The van der Waals surface area contributed by atoms with Gasteiger partial charge in [0.2, 0.25) is 0 Å². The van der Waals surface area contributed by atoms with E-state index in [1.165, 1.54) is 17.2 Å². The first-order valence-corrected chi connectivity index (χ1v) is 5.13. The Kier molecular flexibility index (Phi) is 8.24. The molecule has 0 heterocycles. The summed E-state index contributed by atoms with van der Waals surface area (Å²) in [6.07, 6.45) is 2.93. The molecule has 1 aromatic carbocycles. The molecule has 0 spiro atoms. The molecule has 4 heteroatoms. The van der Waals surface area contributed by atoms with Gasteiger partial charge in [0.1, 0.15) is 0 Å². The van der Waals surface area contributed by atoms with Crippen LogP contribution in [0.5, 0.6) is 0 Å². The Hall–Kier alpha value is -1.94. The van der Waals surface area contributed by atoms with Gasteiger partial charge in [0.05, 0.1) is 0 Å². The van der Waals surface area contributed by atoms with Crippen molar-refractivity contribution in [1.82, 2.24) is 5.32 Å². The molecule has 0 aromatic heterocycles. The number of aliphatic hydroxyl groups excluding tert-OH is 1. The Morgan fingerprint density at radius 3 is 2.82 bits per heavy atom. The third kappa shape index (κ3) is 7.03. The van der Waals surface area contributed by atoms with Crippen LogP contribution in [0.1, 0.15) is 11.1 Å². The lowest BCUT2D eigenvalue weighted by Gasteiger charge is -2.01. The monoisotopic (exact) mass is 234 g/mol. The van der Waals surface area contributed by atoms with E-state index in [0.29, 0.717) is 6.54 Å². The first-order chi connectivity index (χ1) is 8.22. The van der Waals surface area contributed by atoms with Crippen LogP contribution in [0.4, 0.5) is 0 Å². The Labute approximate surface area is 102 Å². The molecule has 0 aliphatic rings. The molecule has 0 aliphatic heterocycles. The standard InChI is InChI=1S/C12H14N2O.CH4O/c1-10-4-3-5-11(8-10)9-14-7-6-12(15)13-2;1-2/h3-8,14H,2,9H2,1H3;2H,1H3/b7-6-;.